The molecule has 1 aromatic heterocycles. The number of anilines is 1. The third kappa shape index (κ3) is 6.02. The van der Waals surface area contributed by atoms with Crippen LogP contribution in [0.4, 0.5) is 10.1 Å². The second kappa shape index (κ2) is 10.5. The summed E-state index contributed by atoms with van der Waals surface area (Å²) in [7, 11) is -2.58. The van der Waals surface area contributed by atoms with Crippen molar-refractivity contribution in [3.8, 4) is 16.9 Å². The summed E-state index contributed by atoms with van der Waals surface area (Å²) < 4.78 is 51.9. The normalized spacial score (nSPS) is 12.4. The lowest BCUT2D eigenvalue weighted by molar-refractivity contribution is 0.00451. The van der Waals surface area contributed by atoms with E-state index in [1.165, 1.54) is 43.5 Å². The van der Waals surface area contributed by atoms with Crippen LogP contribution in [0.5, 0.6) is 5.75 Å². The molecule has 7 nitrogen and oxygen atoms in total. The molecule has 3 rings (SSSR count). The predicted octanol–water partition coefficient (Wildman–Crippen LogP) is 5.30. The van der Waals surface area contributed by atoms with E-state index in [0.29, 0.717) is 17.5 Å². The van der Waals surface area contributed by atoms with Gasteiger partial charge in [0.2, 0.25) is 0 Å². The molecule has 0 radical (unpaired) electrons. The summed E-state index contributed by atoms with van der Waals surface area (Å²) in [6.07, 6.45) is 0.0510. The molecule has 0 aliphatic carbocycles. The maximum atomic E-state index is 13.5. The number of sulfonamides is 1. The maximum Gasteiger partial charge on any atom is 0.342 e. The molecule has 3 aromatic rings. The van der Waals surface area contributed by atoms with Gasteiger partial charge in [-0.25, -0.2) is 17.6 Å². The molecule has 0 spiro atoms. The Kier molecular flexibility index (Phi) is 7.96. The fourth-order valence-corrected chi connectivity index (χ4v) is 5.76. The van der Waals surface area contributed by atoms with E-state index in [0.717, 1.165) is 17.4 Å². The van der Waals surface area contributed by atoms with Crippen LogP contribution in [0.1, 0.15) is 23.7 Å². The molecule has 0 amide bonds. The van der Waals surface area contributed by atoms with Crippen LogP contribution >= 0.6 is 22.9 Å². The van der Waals surface area contributed by atoms with Crippen LogP contribution in [0.25, 0.3) is 11.1 Å². The Morgan fingerprint density at radius 1 is 1.24 bits per heavy atom. The standard InChI is InChI=1S/C22H21ClFNO6S2/c1-3-16(12-30-2)31-22(27)17-8-7-15(10-19(17)26)25-33(28,29)20-11-18(21(23)32-20)13-5-4-6-14(24)9-13/h4-11,16,25-26H,3,12H2,1-2H3. The highest BCUT2D eigenvalue weighted by Gasteiger charge is 2.23. The quantitative estimate of drug-likeness (QED) is 0.377. The number of aromatic hydroxyl groups is 1. The van der Waals surface area contributed by atoms with Crippen molar-refractivity contribution in [3.63, 3.8) is 0 Å². The van der Waals surface area contributed by atoms with Gasteiger partial charge in [0.25, 0.3) is 10.0 Å². The smallest absolute Gasteiger partial charge is 0.342 e. The molecule has 1 atom stereocenters. The zero-order valence-corrected chi connectivity index (χ0v) is 20.1. The number of carbonyl (C=O) groups is 1. The zero-order valence-electron chi connectivity index (χ0n) is 17.7. The van der Waals surface area contributed by atoms with Crippen LogP contribution in [0, 0.1) is 5.82 Å². The molecule has 1 unspecified atom stereocenters. The Labute approximate surface area is 199 Å². The molecule has 0 saturated heterocycles. The second-order valence-corrected chi connectivity index (χ2v) is 10.6. The molecule has 11 heteroatoms. The van der Waals surface area contributed by atoms with Gasteiger partial charge in [0.1, 0.15) is 31.8 Å². The molecule has 1 heterocycles. The van der Waals surface area contributed by atoms with E-state index < -0.39 is 33.7 Å². The average Bonchev–Trinajstić information content (AvgIpc) is 3.16. The Bertz CT molecular complexity index is 1260. The number of esters is 1. The van der Waals surface area contributed by atoms with E-state index in [-0.39, 0.29) is 26.4 Å². The van der Waals surface area contributed by atoms with E-state index in [1.54, 1.807) is 6.07 Å². The summed E-state index contributed by atoms with van der Waals surface area (Å²) in [4.78, 5) is 12.3. The SMILES string of the molecule is CCC(COC)OC(=O)c1ccc(NS(=O)(=O)c2cc(-c3cccc(F)c3)c(Cl)s2)cc1O. The number of hydrogen-bond donors (Lipinski definition) is 2. The molecule has 0 fully saturated rings. The van der Waals surface area contributed by atoms with Crippen molar-refractivity contribution >= 4 is 44.6 Å². The van der Waals surface area contributed by atoms with Gasteiger partial charge < -0.3 is 14.6 Å². The Morgan fingerprint density at radius 2 is 2.00 bits per heavy atom. The lowest BCUT2D eigenvalue weighted by Gasteiger charge is -2.16. The van der Waals surface area contributed by atoms with Crippen LogP contribution in [0.3, 0.4) is 0 Å². The molecule has 0 aliphatic heterocycles. The number of halogens is 2. The third-order valence-electron chi connectivity index (χ3n) is 4.62. The van der Waals surface area contributed by atoms with Crippen LogP contribution < -0.4 is 4.72 Å². The first-order chi connectivity index (χ1) is 15.6. The van der Waals surface area contributed by atoms with Crippen LogP contribution in [-0.2, 0) is 19.5 Å². The van der Waals surface area contributed by atoms with Crippen LogP contribution in [0.2, 0.25) is 4.34 Å². The van der Waals surface area contributed by atoms with Crippen molar-refractivity contribution in [2.45, 2.75) is 23.7 Å². The molecule has 176 valence electrons. The van der Waals surface area contributed by atoms with Gasteiger partial charge in [-0.15, -0.1) is 11.3 Å². The Balaban J connectivity index is 1.80. The largest absolute Gasteiger partial charge is 0.507 e. The number of nitrogens with one attached hydrogen (secondary N) is 1. The predicted molar refractivity (Wildman–Crippen MR) is 125 cm³/mol. The number of ether oxygens (including phenoxy) is 2. The monoisotopic (exact) mass is 513 g/mol. The van der Waals surface area contributed by atoms with E-state index in [1.807, 2.05) is 6.92 Å². The van der Waals surface area contributed by atoms with Crippen molar-refractivity contribution in [2.75, 3.05) is 18.4 Å². The number of phenols is 1. The molecular formula is C22H21ClFNO6S2. The van der Waals surface area contributed by atoms with Crippen molar-refractivity contribution in [1.82, 2.24) is 0 Å². The van der Waals surface area contributed by atoms with Gasteiger partial charge in [-0.2, -0.15) is 0 Å². The van der Waals surface area contributed by atoms with Crippen molar-refractivity contribution in [1.29, 1.82) is 0 Å². The van der Waals surface area contributed by atoms with Gasteiger partial charge in [0.15, 0.2) is 0 Å². The van der Waals surface area contributed by atoms with E-state index in [4.69, 9.17) is 21.1 Å². The molecule has 2 N–H and O–H groups in total. The van der Waals surface area contributed by atoms with E-state index in [2.05, 4.69) is 4.72 Å². The Morgan fingerprint density at radius 3 is 2.64 bits per heavy atom. The second-order valence-electron chi connectivity index (χ2n) is 6.99. The number of benzene rings is 2. The topological polar surface area (TPSA) is 102 Å². The van der Waals surface area contributed by atoms with Gasteiger partial charge in [0.05, 0.1) is 12.3 Å². The zero-order chi connectivity index (χ0) is 24.2. The van der Waals surface area contributed by atoms with Crippen molar-refractivity contribution in [3.05, 3.63) is 64.2 Å². The molecule has 0 aliphatic rings. The lowest BCUT2D eigenvalue weighted by atomic mass is 10.1. The minimum absolute atomic E-state index is 0.0322. The van der Waals surface area contributed by atoms with Gasteiger partial charge in [-0.1, -0.05) is 30.7 Å². The lowest BCUT2D eigenvalue weighted by Crippen LogP contribution is -2.22. The number of methoxy groups -OCH3 is 1. The third-order valence-corrected chi connectivity index (χ3v) is 7.83. The molecule has 0 bridgehead atoms. The van der Waals surface area contributed by atoms with Gasteiger partial charge in [0, 0.05) is 18.7 Å². The van der Waals surface area contributed by atoms with Gasteiger partial charge >= 0.3 is 5.97 Å². The minimum atomic E-state index is -4.07. The average molecular weight is 514 g/mol. The summed E-state index contributed by atoms with van der Waals surface area (Å²) in [6.45, 7) is 2.03. The van der Waals surface area contributed by atoms with E-state index >= 15 is 0 Å². The summed E-state index contributed by atoms with van der Waals surface area (Å²) in [6, 6.07) is 10.7. The van der Waals surface area contributed by atoms with E-state index in [9.17, 15) is 22.7 Å². The van der Waals surface area contributed by atoms with Crippen LogP contribution in [0.15, 0.2) is 52.7 Å². The Hall–Kier alpha value is -2.66. The summed E-state index contributed by atoms with van der Waals surface area (Å²) in [5.41, 5.74) is 0.742. The van der Waals surface area contributed by atoms with Crippen molar-refractivity contribution < 1.29 is 32.2 Å². The number of thiophene rings is 1. The number of phenolic OH excluding ortho intramolecular Hbond substituents is 1. The molecular weight excluding hydrogens is 493 g/mol. The number of rotatable bonds is 9. The highest BCUT2D eigenvalue weighted by molar-refractivity contribution is 7.94. The first-order valence-electron chi connectivity index (χ1n) is 9.75. The fraction of sp³-hybridized carbons (Fsp3) is 0.227. The summed E-state index contributed by atoms with van der Waals surface area (Å²) in [5.74, 6) is -1.67. The van der Waals surface area contributed by atoms with Crippen LogP contribution in [-0.4, -0.2) is 39.3 Å². The highest BCUT2D eigenvalue weighted by atomic mass is 35.5. The number of carbonyl (C=O) groups excluding carboxylic acids is 1. The molecule has 33 heavy (non-hydrogen) atoms. The van der Waals surface area contributed by atoms with Gasteiger partial charge in [-0.3, -0.25) is 4.72 Å². The van der Waals surface area contributed by atoms with Gasteiger partial charge in [-0.05, 0) is 42.3 Å². The summed E-state index contributed by atoms with van der Waals surface area (Å²) in [5, 5.41) is 10.2. The first-order valence-corrected chi connectivity index (χ1v) is 12.4. The first kappa shape index (κ1) is 25.0. The molecule has 2 aromatic carbocycles. The molecule has 0 saturated carbocycles. The summed E-state index contributed by atoms with van der Waals surface area (Å²) >= 11 is 7.01. The number of hydrogen-bond acceptors (Lipinski definition) is 7. The van der Waals surface area contributed by atoms with Crippen molar-refractivity contribution in [2.24, 2.45) is 0 Å². The highest BCUT2D eigenvalue weighted by Crippen LogP contribution is 2.38. The fourth-order valence-electron chi connectivity index (χ4n) is 2.94. The minimum Gasteiger partial charge on any atom is -0.507 e. The maximum absolute atomic E-state index is 13.5.